The topological polar surface area (TPSA) is 80.6 Å². The maximum absolute atomic E-state index is 13.9. The predicted molar refractivity (Wildman–Crippen MR) is 109 cm³/mol. The van der Waals surface area contributed by atoms with Crippen molar-refractivity contribution in [3.05, 3.63) is 46.0 Å². The van der Waals surface area contributed by atoms with Crippen molar-refractivity contribution in [3.63, 3.8) is 0 Å². The van der Waals surface area contributed by atoms with Crippen LogP contribution in [0.1, 0.15) is 28.9 Å². The molecule has 2 aromatic heterocycles. The average molecular weight is 503 g/mol. The van der Waals surface area contributed by atoms with Gasteiger partial charge in [0.2, 0.25) is 5.95 Å². The van der Waals surface area contributed by atoms with Gasteiger partial charge in [-0.15, -0.1) is 0 Å². The van der Waals surface area contributed by atoms with Gasteiger partial charge in [0.25, 0.3) is 5.56 Å². The summed E-state index contributed by atoms with van der Waals surface area (Å²) in [6.07, 6.45) is -8.90. The molecule has 2 fully saturated rings. The lowest BCUT2D eigenvalue weighted by Gasteiger charge is -2.39. The molecule has 2 saturated heterocycles. The minimum absolute atomic E-state index is 0.0763. The zero-order chi connectivity index (χ0) is 25.1. The van der Waals surface area contributed by atoms with Crippen LogP contribution in [0.3, 0.4) is 0 Å². The highest BCUT2D eigenvalue weighted by atomic mass is 19.4. The van der Waals surface area contributed by atoms with Crippen molar-refractivity contribution in [2.24, 2.45) is 0 Å². The second kappa shape index (κ2) is 8.21. The third-order valence-corrected chi connectivity index (χ3v) is 6.50. The van der Waals surface area contributed by atoms with E-state index in [4.69, 9.17) is 4.74 Å². The Bertz CT molecular complexity index is 1210. The first-order valence-electron chi connectivity index (χ1n) is 10.8. The number of alkyl halides is 6. The van der Waals surface area contributed by atoms with Gasteiger partial charge in [0, 0.05) is 25.4 Å². The van der Waals surface area contributed by atoms with Crippen LogP contribution in [0.2, 0.25) is 0 Å². The number of anilines is 2. The van der Waals surface area contributed by atoms with E-state index in [9.17, 15) is 35.9 Å². The van der Waals surface area contributed by atoms with Gasteiger partial charge in [-0.3, -0.25) is 19.1 Å². The lowest BCUT2D eigenvalue weighted by atomic mass is 10.0. The molecule has 3 aliphatic rings. The van der Waals surface area contributed by atoms with Crippen molar-refractivity contribution < 1.29 is 35.9 Å². The third kappa shape index (κ3) is 4.23. The summed E-state index contributed by atoms with van der Waals surface area (Å²) in [6, 6.07) is 0.887. The first kappa shape index (κ1) is 23.6. The number of pyridine rings is 1. The van der Waals surface area contributed by atoms with E-state index in [1.807, 2.05) is 0 Å². The molecule has 3 aliphatic heterocycles. The molecule has 35 heavy (non-hydrogen) atoms. The molecule has 2 unspecified atom stereocenters. The lowest BCUT2D eigenvalue weighted by molar-refractivity contribution is -0.152. The Kier molecular flexibility index (Phi) is 5.53. The van der Waals surface area contributed by atoms with Crippen LogP contribution < -0.4 is 15.4 Å². The monoisotopic (exact) mass is 503 g/mol. The summed E-state index contributed by atoms with van der Waals surface area (Å²) < 4.78 is 88.4. The van der Waals surface area contributed by atoms with Crippen LogP contribution in [-0.2, 0) is 17.5 Å². The van der Waals surface area contributed by atoms with Crippen LogP contribution in [0, 0.1) is 0 Å². The average Bonchev–Trinajstić information content (AvgIpc) is 3.42. The van der Waals surface area contributed by atoms with Crippen LogP contribution in [-0.4, -0.2) is 64.4 Å². The molecule has 2 bridgehead atoms. The molecule has 3 atom stereocenters. The van der Waals surface area contributed by atoms with Gasteiger partial charge >= 0.3 is 12.4 Å². The first-order chi connectivity index (χ1) is 16.4. The van der Waals surface area contributed by atoms with Crippen LogP contribution in [0.15, 0.2) is 29.2 Å². The third-order valence-electron chi connectivity index (χ3n) is 6.50. The van der Waals surface area contributed by atoms with Crippen molar-refractivity contribution >= 4 is 17.5 Å². The Morgan fingerprint density at radius 2 is 1.97 bits per heavy atom. The molecule has 8 nitrogen and oxygen atoms in total. The summed E-state index contributed by atoms with van der Waals surface area (Å²) in [7, 11) is 0. The van der Waals surface area contributed by atoms with Crippen molar-refractivity contribution in [2.75, 3.05) is 29.5 Å². The number of carbonyl (C=O) groups excluding carboxylic acids is 1. The standard InChI is InChI=1S/C21H19F6N5O3/c22-20(23,24)15-3-5-30-17(34)7-16(31-8-12-6-11(31)10-35-12)29-19(30)32(15)9-14(33)13-2-1-4-28-18(13)21(25,26)27/h1-2,4,7,11-12,15H,3,5-6,8-10H2/t11?,12?,15-/m0/s1. The Labute approximate surface area is 194 Å². The summed E-state index contributed by atoms with van der Waals surface area (Å²) in [4.78, 5) is 35.6. The number of morpholine rings is 1. The fraction of sp³-hybridized carbons (Fsp3) is 0.524. The molecule has 0 aliphatic carbocycles. The second-order valence-electron chi connectivity index (χ2n) is 8.70. The second-order valence-corrected chi connectivity index (χ2v) is 8.70. The Balaban J connectivity index is 1.55. The Hall–Kier alpha value is -3.16. The molecule has 0 aromatic carbocycles. The number of hydrogen-bond acceptors (Lipinski definition) is 7. The first-order valence-corrected chi connectivity index (χ1v) is 10.8. The van der Waals surface area contributed by atoms with E-state index in [2.05, 4.69) is 9.97 Å². The highest BCUT2D eigenvalue weighted by Crippen LogP contribution is 2.37. The van der Waals surface area contributed by atoms with Gasteiger partial charge in [-0.2, -0.15) is 31.3 Å². The summed E-state index contributed by atoms with van der Waals surface area (Å²) in [5.74, 6) is -1.48. The minimum Gasteiger partial charge on any atom is -0.374 e. The zero-order valence-corrected chi connectivity index (χ0v) is 18.0. The van der Waals surface area contributed by atoms with Crippen molar-refractivity contribution in [3.8, 4) is 0 Å². The smallest absolute Gasteiger partial charge is 0.374 e. The number of aromatic nitrogens is 3. The van der Waals surface area contributed by atoms with Crippen LogP contribution in [0.4, 0.5) is 38.1 Å². The highest BCUT2D eigenvalue weighted by molar-refractivity contribution is 6.00. The number of nitrogens with zero attached hydrogens (tertiary/aromatic N) is 5. The SMILES string of the molecule is O=C(CN1c2nc(N3CC4CC3CO4)cc(=O)n2CC[C@H]1C(F)(F)F)c1cccnc1C(F)(F)F. The number of Topliss-reactive ketones (excluding diaryl/α,β-unsaturated/α-hetero) is 1. The maximum Gasteiger partial charge on any atom is 0.434 e. The van der Waals surface area contributed by atoms with Gasteiger partial charge in [0.15, 0.2) is 11.5 Å². The number of halogens is 6. The fourth-order valence-corrected chi connectivity index (χ4v) is 4.90. The van der Waals surface area contributed by atoms with Crippen molar-refractivity contribution in [1.82, 2.24) is 14.5 Å². The maximum atomic E-state index is 13.9. The van der Waals surface area contributed by atoms with Gasteiger partial charge < -0.3 is 14.5 Å². The number of hydrogen-bond donors (Lipinski definition) is 0. The van der Waals surface area contributed by atoms with Gasteiger partial charge in [0.05, 0.1) is 30.9 Å². The van der Waals surface area contributed by atoms with E-state index in [1.54, 1.807) is 4.90 Å². The van der Waals surface area contributed by atoms with Crippen molar-refractivity contribution in [2.45, 2.75) is 49.9 Å². The molecule has 0 spiro atoms. The number of fused-ring (bicyclic) bond motifs is 3. The van der Waals surface area contributed by atoms with Crippen LogP contribution in [0.5, 0.6) is 0 Å². The fourth-order valence-electron chi connectivity index (χ4n) is 4.90. The number of ether oxygens (including phenoxy) is 1. The van der Waals surface area contributed by atoms with Gasteiger partial charge in [-0.25, -0.2) is 0 Å². The Morgan fingerprint density at radius 1 is 1.20 bits per heavy atom. The quantitative estimate of drug-likeness (QED) is 0.469. The highest BCUT2D eigenvalue weighted by Gasteiger charge is 2.48. The van der Waals surface area contributed by atoms with Gasteiger partial charge in [0.1, 0.15) is 11.9 Å². The molecular weight excluding hydrogens is 484 g/mol. The van der Waals surface area contributed by atoms with Crippen LogP contribution in [0.25, 0.3) is 0 Å². The van der Waals surface area contributed by atoms with E-state index < -0.39 is 59.9 Å². The molecule has 0 N–H and O–H groups in total. The number of ketones is 1. The molecule has 0 saturated carbocycles. The summed E-state index contributed by atoms with van der Waals surface area (Å²) in [5, 5.41) is 0. The van der Waals surface area contributed by atoms with Gasteiger partial charge in [-0.05, 0) is 25.0 Å². The molecule has 14 heteroatoms. The Morgan fingerprint density at radius 3 is 2.60 bits per heavy atom. The summed E-state index contributed by atoms with van der Waals surface area (Å²) >= 11 is 0. The molecular formula is C21H19F6N5O3. The van der Waals surface area contributed by atoms with E-state index in [0.29, 0.717) is 24.5 Å². The molecule has 0 radical (unpaired) electrons. The molecule has 5 heterocycles. The predicted octanol–water partition coefficient (Wildman–Crippen LogP) is 2.66. The molecule has 2 aromatic rings. The zero-order valence-electron chi connectivity index (χ0n) is 18.0. The van der Waals surface area contributed by atoms with E-state index in [1.165, 1.54) is 6.07 Å². The summed E-state index contributed by atoms with van der Waals surface area (Å²) in [5.41, 5.74) is -2.95. The van der Waals surface area contributed by atoms with E-state index in [-0.39, 0.29) is 24.5 Å². The lowest BCUT2D eigenvalue weighted by Crippen LogP contribution is -2.54. The minimum atomic E-state index is -4.98. The molecule has 0 amide bonds. The van der Waals surface area contributed by atoms with Crippen molar-refractivity contribution in [1.29, 1.82) is 0 Å². The van der Waals surface area contributed by atoms with E-state index >= 15 is 0 Å². The molecule has 188 valence electrons. The number of carbonyl (C=O) groups is 1. The number of rotatable bonds is 4. The largest absolute Gasteiger partial charge is 0.434 e. The van der Waals surface area contributed by atoms with Gasteiger partial charge in [-0.1, -0.05) is 0 Å². The van der Waals surface area contributed by atoms with E-state index in [0.717, 1.165) is 22.9 Å². The molecule has 5 rings (SSSR count). The normalized spacial score (nSPS) is 24.1. The van der Waals surface area contributed by atoms with Crippen LogP contribution >= 0.6 is 0 Å². The summed E-state index contributed by atoms with van der Waals surface area (Å²) in [6.45, 7) is -0.567.